The molecule has 0 aromatic heterocycles. The van der Waals surface area contributed by atoms with Crippen LogP contribution in [0.25, 0.3) is 0 Å². The molecule has 1 N–H and O–H groups in total. The average molecular weight is 452 g/mol. The number of halogens is 1. The summed E-state index contributed by atoms with van der Waals surface area (Å²) in [5.41, 5.74) is 3.72. The summed E-state index contributed by atoms with van der Waals surface area (Å²) in [5.74, 6) is 1.08. The van der Waals surface area contributed by atoms with E-state index in [1.807, 2.05) is 19.1 Å². The number of para-hydroxylation sites is 1. The van der Waals surface area contributed by atoms with Gasteiger partial charge in [-0.15, -0.1) is 0 Å². The zero-order valence-electron chi connectivity index (χ0n) is 19.2. The van der Waals surface area contributed by atoms with Crippen LogP contribution in [0.5, 0.6) is 11.5 Å². The van der Waals surface area contributed by atoms with Crippen molar-refractivity contribution in [3.63, 3.8) is 0 Å². The normalized spacial score (nSPS) is 12.2. The summed E-state index contributed by atoms with van der Waals surface area (Å²) in [4.78, 5) is 12.9. The average Bonchev–Trinajstić information content (AvgIpc) is 2.77. The molecule has 0 bridgehead atoms. The van der Waals surface area contributed by atoms with Crippen LogP contribution in [-0.2, 0) is 12.0 Å². The van der Waals surface area contributed by atoms with Crippen molar-refractivity contribution in [2.45, 2.75) is 45.8 Å². The molecule has 0 saturated carbocycles. The zero-order chi connectivity index (χ0) is 23.3. The van der Waals surface area contributed by atoms with E-state index < -0.39 is 0 Å². The minimum atomic E-state index is -0.154. The molecule has 0 heterocycles. The quantitative estimate of drug-likeness (QED) is 0.434. The maximum Gasteiger partial charge on any atom is 0.251 e. The van der Waals surface area contributed by atoms with E-state index in [0.29, 0.717) is 22.1 Å². The third-order valence-corrected chi connectivity index (χ3v) is 5.70. The van der Waals surface area contributed by atoms with E-state index in [2.05, 4.69) is 50.4 Å². The fourth-order valence-electron chi connectivity index (χ4n) is 3.39. The van der Waals surface area contributed by atoms with Crippen molar-refractivity contribution in [2.24, 2.45) is 0 Å². The fourth-order valence-corrected chi connectivity index (χ4v) is 3.58. The molecule has 0 aliphatic rings. The monoisotopic (exact) mass is 451 g/mol. The highest BCUT2D eigenvalue weighted by Crippen LogP contribution is 2.27. The minimum absolute atomic E-state index is 0.0938. The van der Waals surface area contributed by atoms with E-state index in [0.717, 1.165) is 11.1 Å². The molecule has 0 saturated heterocycles. The maximum absolute atomic E-state index is 12.9. The van der Waals surface area contributed by atoms with Crippen molar-refractivity contribution in [1.82, 2.24) is 5.32 Å². The van der Waals surface area contributed by atoms with Gasteiger partial charge in [0.25, 0.3) is 5.91 Å². The van der Waals surface area contributed by atoms with Gasteiger partial charge in [0.1, 0.15) is 18.1 Å². The van der Waals surface area contributed by atoms with Crippen LogP contribution in [0.4, 0.5) is 0 Å². The van der Waals surface area contributed by atoms with Gasteiger partial charge in [-0.2, -0.15) is 0 Å². The molecule has 5 heteroatoms. The molecule has 168 valence electrons. The van der Waals surface area contributed by atoms with Crippen molar-refractivity contribution < 1.29 is 14.3 Å². The van der Waals surface area contributed by atoms with E-state index in [-0.39, 0.29) is 24.0 Å². The van der Waals surface area contributed by atoms with Crippen molar-refractivity contribution in [2.75, 3.05) is 7.11 Å². The first kappa shape index (κ1) is 23.7. The molecular weight excluding hydrogens is 422 g/mol. The highest BCUT2D eigenvalue weighted by Gasteiger charge is 2.17. The van der Waals surface area contributed by atoms with Crippen LogP contribution >= 0.6 is 11.6 Å². The van der Waals surface area contributed by atoms with Crippen LogP contribution in [0.3, 0.4) is 0 Å². The summed E-state index contributed by atoms with van der Waals surface area (Å²) >= 11 is 6.18. The number of nitrogens with one attached hydrogen (secondary N) is 1. The lowest BCUT2D eigenvalue weighted by molar-refractivity contribution is 0.0939. The largest absolute Gasteiger partial charge is 0.496 e. The Morgan fingerprint density at radius 2 is 1.69 bits per heavy atom. The first-order valence-electron chi connectivity index (χ1n) is 10.6. The Bertz CT molecular complexity index is 1070. The van der Waals surface area contributed by atoms with Crippen LogP contribution in [0, 0.1) is 0 Å². The van der Waals surface area contributed by atoms with Gasteiger partial charge in [0.05, 0.1) is 18.2 Å². The van der Waals surface area contributed by atoms with E-state index >= 15 is 0 Å². The summed E-state index contributed by atoms with van der Waals surface area (Å²) in [6.45, 7) is 8.77. The lowest BCUT2D eigenvalue weighted by Gasteiger charge is -2.21. The summed E-state index contributed by atoms with van der Waals surface area (Å²) in [6, 6.07) is 20.9. The van der Waals surface area contributed by atoms with Gasteiger partial charge in [0.2, 0.25) is 0 Å². The molecule has 0 radical (unpaired) electrons. The third-order valence-electron chi connectivity index (χ3n) is 5.39. The van der Waals surface area contributed by atoms with Gasteiger partial charge in [-0.1, -0.05) is 68.8 Å². The molecule has 0 fully saturated rings. The molecule has 3 aromatic rings. The molecule has 0 aliphatic carbocycles. The number of hydrogen-bond acceptors (Lipinski definition) is 3. The van der Waals surface area contributed by atoms with Gasteiger partial charge in [-0.05, 0) is 53.8 Å². The number of benzene rings is 3. The molecular formula is C27H30ClNO3. The summed E-state index contributed by atoms with van der Waals surface area (Å²) in [5, 5.41) is 3.61. The molecule has 0 aliphatic heterocycles. The van der Waals surface area contributed by atoms with Crippen molar-refractivity contribution in [3.05, 3.63) is 94.0 Å². The molecule has 1 atom stereocenters. The number of hydrogen-bond donors (Lipinski definition) is 1. The van der Waals surface area contributed by atoms with Gasteiger partial charge >= 0.3 is 0 Å². The van der Waals surface area contributed by atoms with Gasteiger partial charge in [0, 0.05) is 11.1 Å². The smallest absolute Gasteiger partial charge is 0.251 e. The Morgan fingerprint density at radius 1 is 1.00 bits per heavy atom. The van der Waals surface area contributed by atoms with Crippen molar-refractivity contribution in [3.8, 4) is 11.5 Å². The third kappa shape index (κ3) is 5.83. The van der Waals surface area contributed by atoms with Crippen molar-refractivity contribution >= 4 is 17.5 Å². The molecule has 3 rings (SSSR count). The van der Waals surface area contributed by atoms with Crippen LogP contribution in [0.15, 0.2) is 66.7 Å². The highest BCUT2D eigenvalue weighted by molar-refractivity contribution is 6.32. The maximum atomic E-state index is 12.9. The number of rotatable bonds is 7. The Balaban J connectivity index is 1.72. The van der Waals surface area contributed by atoms with Gasteiger partial charge in [-0.3, -0.25) is 4.79 Å². The molecule has 0 spiro atoms. The summed E-state index contributed by atoms with van der Waals surface area (Å²) < 4.78 is 11.3. The first-order chi connectivity index (χ1) is 15.2. The van der Waals surface area contributed by atoms with Gasteiger partial charge in [0.15, 0.2) is 0 Å². The highest BCUT2D eigenvalue weighted by atomic mass is 35.5. The zero-order valence-corrected chi connectivity index (χ0v) is 20.0. The lowest BCUT2D eigenvalue weighted by Crippen LogP contribution is -2.27. The topological polar surface area (TPSA) is 47.6 Å². The number of methoxy groups -OCH3 is 1. The van der Waals surface area contributed by atoms with E-state index in [9.17, 15) is 4.79 Å². The standard InChI is InChI=1S/C27H30ClNO3/c1-18(19-10-13-22(14-11-19)27(2,3)4)29-26(30)20-12-15-24(31-5)21(16-20)17-32-25-9-7-6-8-23(25)28/h6-16,18H,17H2,1-5H3,(H,29,30). The molecule has 1 unspecified atom stereocenters. The minimum Gasteiger partial charge on any atom is -0.496 e. The van der Waals surface area contributed by atoms with Crippen LogP contribution in [0.1, 0.15) is 60.8 Å². The SMILES string of the molecule is COc1ccc(C(=O)NC(C)c2ccc(C(C)(C)C)cc2)cc1COc1ccccc1Cl. The number of amides is 1. The molecule has 32 heavy (non-hydrogen) atoms. The second kappa shape index (κ2) is 10.1. The summed E-state index contributed by atoms with van der Waals surface area (Å²) in [6.07, 6.45) is 0. The Morgan fingerprint density at radius 3 is 2.31 bits per heavy atom. The molecule has 1 amide bonds. The number of carbonyl (C=O) groups excluding carboxylic acids is 1. The van der Waals surface area contributed by atoms with Crippen LogP contribution in [0.2, 0.25) is 5.02 Å². The second-order valence-electron chi connectivity index (χ2n) is 8.81. The number of carbonyl (C=O) groups is 1. The Hall–Kier alpha value is -2.98. The van der Waals surface area contributed by atoms with Crippen LogP contribution in [-0.4, -0.2) is 13.0 Å². The Kier molecular flexibility index (Phi) is 7.47. The van der Waals surface area contributed by atoms with E-state index in [4.69, 9.17) is 21.1 Å². The Labute approximate surface area is 195 Å². The lowest BCUT2D eigenvalue weighted by atomic mass is 9.86. The number of ether oxygens (including phenoxy) is 2. The fraction of sp³-hybridized carbons (Fsp3) is 0.296. The summed E-state index contributed by atoms with van der Waals surface area (Å²) in [7, 11) is 1.59. The van der Waals surface area contributed by atoms with E-state index in [1.54, 1.807) is 37.4 Å². The molecule has 4 nitrogen and oxygen atoms in total. The molecule has 3 aromatic carbocycles. The predicted molar refractivity (Wildman–Crippen MR) is 130 cm³/mol. The van der Waals surface area contributed by atoms with E-state index in [1.165, 1.54) is 5.56 Å². The van der Waals surface area contributed by atoms with Crippen molar-refractivity contribution in [1.29, 1.82) is 0 Å². The van der Waals surface area contributed by atoms with Gasteiger partial charge < -0.3 is 14.8 Å². The second-order valence-corrected chi connectivity index (χ2v) is 9.22. The predicted octanol–water partition coefficient (Wildman–Crippen LogP) is 6.72. The first-order valence-corrected chi connectivity index (χ1v) is 11.0. The van der Waals surface area contributed by atoms with Gasteiger partial charge in [-0.25, -0.2) is 0 Å². The van der Waals surface area contributed by atoms with Crippen LogP contribution < -0.4 is 14.8 Å².